The van der Waals surface area contributed by atoms with Gasteiger partial charge in [-0.2, -0.15) is 0 Å². The molecule has 0 aliphatic carbocycles. The molecule has 0 radical (unpaired) electrons. The normalized spacial score (nSPS) is 10.7. The van der Waals surface area contributed by atoms with Gasteiger partial charge < -0.3 is 1.43 Å². The summed E-state index contributed by atoms with van der Waals surface area (Å²) in [5, 5.41) is 2.22. The summed E-state index contributed by atoms with van der Waals surface area (Å²) in [4.78, 5) is 9.67. The number of benzene rings is 3. The van der Waals surface area contributed by atoms with Crippen molar-refractivity contribution in [3.05, 3.63) is 97.2 Å². The fraction of sp³-hybridized carbons (Fsp3) is 0. The Kier molecular flexibility index (Phi) is 5.78. The molecule has 0 aliphatic heterocycles. The Morgan fingerprint density at radius 3 is 2.00 bits per heavy atom. The molecule has 0 saturated carbocycles. The SMILES string of the molecule is [Cs+].[H-].c1ccc(-c2cc3ccc4cccnc4c3nc2-c2ccccc2)cc1. The first-order valence-corrected chi connectivity index (χ1v) is 8.69. The van der Waals surface area contributed by atoms with E-state index in [-0.39, 0.29) is 70.3 Å². The van der Waals surface area contributed by atoms with E-state index in [2.05, 4.69) is 77.8 Å². The third-order valence-corrected chi connectivity index (χ3v) is 4.69. The molecule has 0 unspecified atom stereocenters. The number of hydrogen-bond donors (Lipinski definition) is 0. The van der Waals surface area contributed by atoms with Crippen molar-refractivity contribution in [1.29, 1.82) is 0 Å². The van der Waals surface area contributed by atoms with Crippen LogP contribution >= 0.6 is 0 Å². The summed E-state index contributed by atoms with van der Waals surface area (Å²) in [5.41, 5.74) is 6.30. The van der Waals surface area contributed by atoms with Gasteiger partial charge in [0.25, 0.3) is 0 Å². The number of fused-ring (bicyclic) bond motifs is 3. The van der Waals surface area contributed by atoms with E-state index < -0.39 is 0 Å². The van der Waals surface area contributed by atoms with Crippen LogP contribution in [0.5, 0.6) is 0 Å². The maximum absolute atomic E-state index is 5.09. The van der Waals surface area contributed by atoms with E-state index in [1.807, 2.05) is 24.4 Å². The molecule has 2 nitrogen and oxygen atoms in total. The van der Waals surface area contributed by atoms with Crippen molar-refractivity contribution in [3.8, 4) is 22.4 Å². The number of hydrogen-bond acceptors (Lipinski definition) is 2. The summed E-state index contributed by atoms with van der Waals surface area (Å²) >= 11 is 0. The van der Waals surface area contributed by atoms with Gasteiger partial charge in [-0.05, 0) is 17.7 Å². The topological polar surface area (TPSA) is 25.8 Å². The molecule has 3 heteroatoms. The van der Waals surface area contributed by atoms with E-state index in [1.165, 1.54) is 5.56 Å². The zero-order valence-electron chi connectivity index (χ0n) is 16.1. The molecule has 0 bridgehead atoms. The van der Waals surface area contributed by atoms with Crippen molar-refractivity contribution in [3.63, 3.8) is 0 Å². The van der Waals surface area contributed by atoms with E-state index in [1.54, 1.807) is 0 Å². The number of pyridine rings is 2. The molecule has 0 amide bonds. The van der Waals surface area contributed by atoms with Crippen LogP contribution in [0.1, 0.15) is 1.43 Å². The third-order valence-electron chi connectivity index (χ3n) is 4.69. The Morgan fingerprint density at radius 1 is 0.593 bits per heavy atom. The second-order valence-corrected chi connectivity index (χ2v) is 6.33. The number of nitrogens with zero attached hydrogens (tertiary/aromatic N) is 2. The van der Waals surface area contributed by atoms with Gasteiger partial charge >= 0.3 is 68.9 Å². The van der Waals surface area contributed by atoms with Crippen molar-refractivity contribution >= 4 is 21.8 Å². The fourth-order valence-corrected chi connectivity index (χ4v) is 3.43. The third kappa shape index (κ3) is 3.64. The first-order chi connectivity index (χ1) is 12.9. The molecular weight excluding hydrogens is 449 g/mol. The van der Waals surface area contributed by atoms with Crippen LogP contribution in [0.3, 0.4) is 0 Å². The van der Waals surface area contributed by atoms with Crippen LogP contribution in [0.15, 0.2) is 97.2 Å². The van der Waals surface area contributed by atoms with Gasteiger partial charge in [-0.1, -0.05) is 78.9 Å². The van der Waals surface area contributed by atoms with Gasteiger partial charge in [0.1, 0.15) is 0 Å². The van der Waals surface area contributed by atoms with Crippen molar-refractivity contribution in [2.24, 2.45) is 0 Å². The van der Waals surface area contributed by atoms with Gasteiger partial charge in [0.15, 0.2) is 0 Å². The first-order valence-electron chi connectivity index (χ1n) is 8.69. The van der Waals surface area contributed by atoms with E-state index in [9.17, 15) is 0 Å². The van der Waals surface area contributed by atoms with Crippen molar-refractivity contribution in [2.75, 3.05) is 0 Å². The van der Waals surface area contributed by atoms with Crippen molar-refractivity contribution in [2.45, 2.75) is 0 Å². The van der Waals surface area contributed by atoms with Crippen molar-refractivity contribution in [1.82, 2.24) is 9.97 Å². The van der Waals surface area contributed by atoms with Gasteiger partial charge in [0, 0.05) is 28.1 Å². The zero-order valence-corrected chi connectivity index (χ0v) is 21.4. The van der Waals surface area contributed by atoms with Crippen LogP contribution in [0.2, 0.25) is 0 Å². The molecule has 124 valence electrons. The Balaban J connectivity index is 0.00000112. The minimum absolute atomic E-state index is 0. The largest absolute Gasteiger partial charge is 1.00 e. The minimum atomic E-state index is 0. The number of aromatic nitrogens is 2. The van der Waals surface area contributed by atoms with Gasteiger partial charge in [0.05, 0.1) is 16.7 Å². The van der Waals surface area contributed by atoms with Crippen LogP contribution < -0.4 is 68.9 Å². The fourth-order valence-electron chi connectivity index (χ4n) is 3.43. The molecule has 27 heavy (non-hydrogen) atoms. The van der Waals surface area contributed by atoms with Gasteiger partial charge in [0.2, 0.25) is 0 Å². The van der Waals surface area contributed by atoms with E-state index in [0.29, 0.717) is 0 Å². The second-order valence-electron chi connectivity index (χ2n) is 6.33. The molecule has 5 rings (SSSR count). The predicted octanol–water partition coefficient (Wildman–Crippen LogP) is 3.23. The summed E-state index contributed by atoms with van der Waals surface area (Å²) in [7, 11) is 0. The maximum atomic E-state index is 5.09. The van der Waals surface area contributed by atoms with Crippen LogP contribution in [0, 0.1) is 0 Å². The molecule has 0 saturated heterocycles. The number of rotatable bonds is 2. The van der Waals surface area contributed by atoms with Crippen LogP contribution in [0.4, 0.5) is 0 Å². The molecule has 0 spiro atoms. The Bertz CT molecular complexity index is 1230. The summed E-state index contributed by atoms with van der Waals surface area (Å²) < 4.78 is 0. The van der Waals surface area contributed by atoms with Crippen LogP contribution in [-0.2, 0) is 0 Å². The average Bonchev–Trinajstić information content (AvgIpc) is 2.74. The maximum Gasteiger partial charge on any atom is 1.00 e. The van der Waals surface area contributed by atoms with Gasteiger partial charge in [-0.25, -0.2) is 4.98 Å². The Morgan fingerprint density at radius 2 is 1.26 bits per heavy atom. The monoisotopic (exact) mass is 466 g/mol. The average molecular weight is 466 g/mol. The van der Waals surface area contributed by atoms with Crippen LogP contribution in [0.25, 0.3) is 44.2 Å². The zero-order chi connectivity index (χ0) is 17.3. The van der Waals surface area contributed by atoms with Crippen molar-refractivity contribution < 1.29 is 70.3 Å². The molecule has 3 aromatic carbocycles. The summed E-state index contributed by atoms with van der Waals surface area (Å²) in [5.74, 6) is 0. The molecular formula is C24H17CsN2. The second kappa shape index (κ2) is 8.27. The molecule has 0 aliphatic rings. The summed E-state index contributed by atoms with van der Waals surface area (Å²) in [6.07, 6.45) is 1.83. The summed E-state index contributed by atoms with van der Waals surface area (Å²) in [6.45, 7) is 0. The minimum Gasteiger partial charge on any atom is -1.00 e. The molecule has 0 atom stereocenters. The van der Waals surface area contributed by atoms with E-state index >= 15 is 0 Å². The van der Waals surface area contributed by atoms with Gasteiger partial charge in [-0.3, -0.25) is 4.98 Å². The Hall–Kier alpha value is -1.47. The quantitative estimate of drug-likeness (QED) is 0.374. The van der Waals surface area contributed by atoms with E-state index in [0.717, 1.165) is 38.6 Å². The summed E-state index contributed by atoms with van der Waals surface area (Å²) in [6, 6.07) is 31.3. The molecule has 0 fully saturated rings. The molecule has 5 aromatic rings. The first kappa shape index (κ1) is 18.9. The molecule has 2 heterocycles. The Labute approximate surface area is 218 Å². The standard InChI is InChI=1S/C24H16N2.Cs.H/c1-3-8-17(9-4-1)21-16-20-14-13-19-12-7-15-25-23(19)24(20)26-22(21)18-10-5-2-6-11-18;;/h1-16H;;/q;+1;-1. The molecule has 0 N–H and O–H groups in total. The van der Waals surface area contributed by atoms with Crippen LogP contribution in [-0.4, -0.2) is 9.97 Å². The smallest absolute Gasteiger partial charge is 1.00 e. The predicted molar refractivity (Wildman–Crippen MR) is 109 cm³/mol. The van der Waals surface area contributed by atoms with Gasteiger partial charge in [-0.15, -0.1) is 0 Å². The molecule has 2 aromatic heterocycles. The van der Waals surface area contributed by atoms with E-state index in [4.69, 9.17) is 4.98 Å².